The molecule has 1 aliphatic heterocycles. The molecule has 6 heteroatoms. The van der Waals surface area contributed by atoms with Gasteiger partial charge in [-0.3, -0.25) is 14.5 Å². The van der Waals surface area contributed by atoms with Crippen molar-refractivity contribution in [3.05, 3.63) is 60.1 Å². The van der Waals surface area contributed by atoms with Crippen LogP contribution in [0.15, 0.2) is 53.1 Å². The molecule has 27 heavy (non-hydrogen) atoms. The lowest BCUT2D eigenvalue weighted by Crippen LogP contribution is -2.45. The molecule has 3 rings (SSSR count). The van der Waals surface area contributed by atoms with Crippen molar-refractivity contribution in [1.29, 1.82) is 0 Å². The topological polar surface area (TPSA) is 65.8 Å². The van der Waals surface area contributed by atoms with Gasteiger partial charge in [0.1, 0.15) is 11.8 Å². The average molecular weight is 369 g/mol. The van der Waals surface area contributed by atoms with Crippen molar-refractivity contribution in [2.75, 3.05) is 27.2 Å². The van der Waals surface area contributed by atoms with E-state index in [1.165, 1.54) is 4.90 Å². The Kier molecular flexibility index (Phi) is 6.29. The number of furan rings is 1. The Morgan fingerprint density at radius 2 is 1.85 bits per heavy atom. The summed E-state index contributed by atoms with van der Waals surface area (Å²) in [5.74, 6) is 0.708. The highest BCUT2D eigenvalue weighted by Gasteiger charge is 2.30. The molecule has 0 saturated carbocycles. The first kappa shape index (κ1) is 19.2. The van der Waals surface area contributed by atoms with Gasteiger partial charge < -0.3 is 14.6 Å². The highest BCUT2D eigenvalue weighted by molar-refractivity contribution is 5.89. The monoisotopic (exact) mass is 369 g/mol. The van der Waals surface area contributed by atoms with Crippen LogP contribution in [-0.2, 0) is 16.1 Å². The fourth-order valence-electron chi connectivity index (χ4n) is 3.43. The van der Waals surface area contributed by atoms with E-state index in [4.69, 9.17) is 4.42 Å². The van der Waals surface area contributed by atoms with Gasteiger partial charge in [-0.15, -0.1) is 0 Å². The Morgan fingerprint density at radius 1 is 1.15 bits per heavy atom. The lowest BCUT2D eigenvalue weighted by molar-refractivity contribution is -0.136. The van der Waals surface area contributed by atoms with Gasteiger partial charge in [-0.05, 0) is 43.6 Å². The molecule has 0 radical (unpaired) electrons. The van der Waals surface area contributed by atoms with E-state index < -0.39 is 6.04 Å². The number of carbonyl (C=O) groups excluding carboxylic acids is 2. The van der Waals surface area contributed by atoms with Crippen LogP contribution in [0, 0.1) is 5.92 Å². The normalized spacial score (nSPS) is 16.7. The standard InChI is InChI=1S/C21H27N3O3/c1-23(2)21(26)19(16-7-4-3-5-8-16)22-20(25)17-10-12-24(13-11-17)15-18-9-6-14-27-18/h3-9,14,17,19H,10-13,15H2,1-2H3,(H,22,25)/t19-/m1/s1. The third-order valence-electron chi connectivity index (χ3n) is 5.03. The van der Waals surface area contributed by atoms with E-state index in [9.17, 15) is 9.59 Å². The summed E-state index contributed by atoms with van der Waals surface area (Å²) >= 11 is 0. The van der Waals surface area contributed by atoms with Gasteiger partial charge in [0.15, 0.2) is 0 Å². The number of amides is 2. The largest absolute Gasteiger partial charge is 0.468 e. The van der Waals surface area contributed by atoms with Crippen LogP contribution < -0.4 is 5.32 Å². The zero-order chi connectivity index (χ0) is 19.2. The van der Waals surface area contributed by atoms with Crippen LogP contribution in [0.1, 0.15) is 30.2 Å². The Hall–Kier alpha value is -2.60. The van der Waals surface area contributed by atoms with Crippen LogP contribution in [0.4, 0.5) is 0 Å². The molecule has 1 fully saturated rings. The first-order valence-electron chi connectivity index (χ1n) is 9.36. The first-order valence-corrected chi connectivity index (χ1v) is 9.36. The van der Waals surface area contributed by atoms with Crippen molar-refractivity contribution in [3.63, 3.8) is 0 Å². The SMILES string of the molecule is CN(C)C(=O)[C@H](NC(=O)C1CCN(Cc2ccco2)CC1)c1ccccc1. The van der Waals surface area contributed by atoms with Gasteiger partial charge in [0.05, 0.1) is 12.8 Å². The van der Waals surface area contributed by atoms with Crippen molar-refractivity contribution >= 4 is 11.8 Å². The molecule has 1 aliphatic rings. The molecule has 1 saturated heterocycles. The Morgan fingerprint density at radius 3 is 2.44 bits per heavy atom. The van der Waals surface area contributed by atoms with Gasteiger partial charge in [0.2, 0.25) is 11.8 Å². The highest BCUT2D eigenvalue weighted by atomic mass is 16.3. The van der Waals surface area contributed by atoms with Crippen LogP contribution in [0.5, 0.6) is 0 Å². The maximum atomic E-state index is 12.8. The summed E-state index contributed by atoms with van der Waals surface area (Å²) in [5.41, 5.74) is 0.805. The number of nitrogens with zero attached hydrogens (tertiary/aromatic N) is 2. The molecule has 2 heterocycles. The smallest absolute Gasteiger partial charge is 0.249 e. The third-order valence-corrected chi connectivity index (χ3v) is 5.03. The minimum atomic E-state index is -0.644. The molecule has 144 valence electrons. The van der Waals surface area contributed by atoms with Crippen LogP contribution in [0.25, 0.3) is 0 Å². The maximum absolute atomic E-state index is 12.8. The maximum Gasteiger partial charge on any atom is 0.249 e. The minimum absolute atomic E-state index is 0.0447. The van der Waals surface area contributed by atoms with Crippen LogP contribution in [-0.4, -0.2) is 48.8 Å². The van der Waals surface area contributed by atoms with E-state index >= 15 is 0 Å². The van der Waals surface area contributed by atoms with E-state index in [0.29, 0.717) is 0 Å². The second kappa shape index (κ2) is 8.86. The molecular formula is C21H27N3O3. The van der Waals surface area contributed by atoms with Gasteiger partial charge in [0.25, 0.3) is 0 Å². The van der Waals surface area contributed by atoms with Crippen molar-refractivity contribution in [2.24, 2.45) is 5.92 Å². The lowest BCUT2D eigenvalue weighted by atomic mass is 9.94. The Labute approximate surface area is 160 Å². The number of benzene rings is 1. The number of piperidine rings is 1. The molecule has 0 aliphatic carbocycles. The minimum Gasteiger partial charge on any atom is -0.468 e. The molecule has 1 aromatic carbocycles. The van der Waals surface area contributed by atoms with Gasteiger partial charge in [-0.1, -0.05) is 30.3 Å². The van der Waals surface area contributed by atoms with E-state index in [1.54, 1.807) is 20.4 Å². The first-order chi connectivity index (χ1) is 13.0. The summed E-state index contributed by atoms with van der Waals surface area (Å²) in [5, 5.41) is 2.98. The molecule has 1 N–H and O–H groups in total. The average Bonchev–Trinajstić information content (AvgIpc) is 3.19. The number of nitrogens with one attached hydrogen (secondary N) is 1. The van der Waals surface area contributed by atoms with E-state index in [0.717, 1.165) is 43.8 Å². The van der Waals surface area contributed by atoms with Gasteiger partial charge >= 0.3 is 0 Å². The molecule has 0 bridgehead atoms. The predicted octanol–water partition coefficient (Wildman–Crippen LogP) is 2.44. The molecule has 0 unspecified atom stereocenters. The highest BCUT2D eigenvalue weighted by Crippen LogP contribution is 2.22. The number of likely N-dealkylation sites (N-methyl/N-ethyl adjacent to an activating group) is 1. The Bertz CT molecular complexity index is 735. The summed E-state index contributed by atoms with van der Waals surface area (Å²) in [6.07, 6.45) is 3.25. The number of carbonyl (C=O) groups is 2. The molecule has 0 spiro atoms. The summed E-state index contributed by atoms with van der Waals surface area (Å²) in [4.78, 5) is 29.2. The zero-order valence-corrected chi connectivity index (χ0v) is 15.9. The van der Waals surface area contributed by atoms with E-state index in [2.05, 4.69) is 10.2 Å². The Balaban J connectivity index is 1.58. The number of hydrogen-bond donors (Lipinski definition) is 1. The molecule has 2 aromatic rings. The van der Waals surface area contributed by atoms with Crippen LogP contribution in [0.2, 0.25) is 0 Å². The van der Waals surface area contributed by atoms with Crippen molar-refractivity contribution in [2.45, 2.75) is 25.4 Å². The number of rotatable bonds is 6. The molecule has 1 aromatic heterocycles. The fraction of sp³-hybridized carbons (Fsp3) is 0.429. The summed E-state index contributed by atoms with van der Waals surface area (Å²) in [7, 11) is 3.41. The molecule has 1 atom stereocenters. The van der Waals surface area contributed by atoms with Crippen molar-refractivity contribution in [3.8, 4) is 0 Å². The number of hydrogen-bond acceptors (Lipinski definition) is 4. The quantitative estimate of drug-likeness (QED) is 0.849. The summed E-state index contributed by atoms with van der Waals surface area (Å²) in [6.45, 7) is 2.46. The lowest BCUT2D eigenvalue weighted by Gasteiger charge is -2.31. The fourth-order valence-corrected chi connectivity index (χ4v) is 3.43. The van der Waals surface area contributed by atoms with E-state index in [-0.39, 0.29) is 17.7 Å². The predicted molar refractivity (Wildman–Crippen MR) is 103 cm³/mol. The van der Waals surface area contributed by atoms with Crippen molar-refractivity contribution in [1.82, 2.24) is 15.1 Å². The van der Waals surface area contributed by atoms with Gasteiger partial charge in [0, 0.05) is 20.0 Å². The molecular weight excluding hydrogens is 342 g/mol. The molecule has 6 nitrogen and oxygen atoms in total. The molecule has 2 amide bonds. The van der Waals surface area contributed by atoms with Crippen molar-refractivity contribution < 1.29 is 14.0 Å². The third kappa shape index (κ3) is 4.98. The second-order valence-electron chi connectivity index (χ2n) is 7.21. The van der Waals surface area contributed by atoms with Gasteiger partial charge in [-0.25, -0.2) is 0 Å². The van der Waals surface area contributed by atoms with Gasteiger partial charge in [-0.2, -0.15) is 0 Å². The zero-order valence-electron chi connectivity index (χ0n) is 15.9. The summed E-state index contributed by atoms with van der Waals surface area (Å²) < 4.78 is 5.40. The van der Waals surface area contributed by atoms with E-state index in [1.807, 2.05) is 42.5 Å². The number of likely N-dealkylation sites (tertiary alicyclic amines) is 1. The summed E-state index contributed by atoms with van der Waals surface area (Å²) in [6, 6.07) is 12.6. The van der Waals surface area contributed by atoms with Crippen LogP contribution >= 0.6 is 0 Å². The van der Waals surface area contributed by atoms with Crippen LogP contribution in [0.3, 0.4) is 0 Å². The second-order valence-corrected chi connectivity index (χ2v) is 7.21.